The molecular formula is C14H15F3N4O3S. The molecule has 2 rings (SSSR count). The van der Waals surface area contributed by atoms with E-state index in [1.165, 1.54) is 13.4 Å². The van der Waals surface area contributed by atoms with E-state index < -0.39 is 17.6 Å². The molecule has 0 saturated carbocycles. The van der Waals surface area contributed by atoms with Gasteiger partial charge in [-0.25, -0.2) is 4.98 Å². The lowest BCUT2D eigenvalue weighted by molar-refractivity contribution is -0.137. The Morgan fingerprint density at radius 2 is 2.16 bits per heavy atom. The molecule has 0 bridgehead atoms. The van der Waals surface area contributed by atoms with Crippen molar-refractivity contribution in [2.24, 2.45) is 0 Å². The Morgan fingerprint density at radius 3 is 2.80 bits per heavy atom. The first-order chi connectivity index (χ1) is 11.9. The molecule has 0 aliphatic heterocycles. The van der Waals surface area contributed by atoms with Gasteiger partial charge >= 0.3 is 6.18 Å². The molecule has 0 atom stereocenters. The summed E-state index contributed by atoms with van der Waals surface area (Å²) in [6.07, 6.45) is -3.24. The maximum absolute atomic E-state index is 12.9. The Kier molecular flexibility index (Phi) is 6.65. The second-order valence-electron chi connectivity index (χ2n) is 4.68. The highest BCUT2D eigenvalue weighted by molar-refractivity contribution is 7.99. The number of carbonyl (C=O) groups is 1. The lowest BCUT2D eigenvalue weighted by Crippen LogP contribution is -2.17. The van der Waals surface area contributed by atoms with Gasteiger partial charge in [0.05, 0.1) is 23.6 Å². The first kappa shape index (κ1) is 19.1. The van der Waals surface area contributed by atoms with Gasteiger partial charge in [0.25, 0.3) is 0 Å². The van der Waals surface area contributed by atoms with Crippen molar-refractivity contribution >= 4 is 23.4 Å². The van der Waals surface area contributed by atoms with E-state index in [-0.39, 0.29) is 30.4 Å². The molecule has 25 heavy (non-hydrogen) atoms. The predicted octanol–water partition coefficient (Wildman–Crippen LogP) is 2.58. The van der Waals surface area contributed by atoms with Crippen molar-refractivity contribution in [3.8, 4) is 5.75 Å². The molecule has 0 aliphatic carbocycles. The number of amides is 1. The minimum absolute atomic E-state index is 0.0526. The smallest absolute Gasteiger partial charge is 0.416 e. The second-order valence-corrected chi connectivity index (χ2v) is 5.64. The number of nitrogens with one attached hydrogen (secondary N) is 2. The van der Waals surface area contributed by atoms with Gasteiger partial charge in [0.1, 0.15) is 18.7 Å². The maximum Gasteiger partial charge on any atom is 0.416 e. The van der Waals surface area contributed by atoms with Gasteiger partial charge in [-0.2, -0.15) is 18.3 Å². The number of aromatic nitrogens is 3. The average Bonchev–Trinajstić information content (AvgIpc) is 3.07. The summed E-state index contributed by atoms with van der Waals surface area (Å²) in [5, 5.41) is 9.05. The van der Waals surface area contributed by atoms with Crippen molar-refractivity contribution in [3.63, 3.8) is 0 Å². The molecule has 0 spiro atoms. The zero-order chi connectivity index (χ0) is 18.3. The quantitative estimate of drug-likeness (QED) is 0.544. The molecule has 0 saturated heterocycles. The van der Waals surface area contributed by atoms with E-state index in [1.807, 2.05) is 0 Å². The normalized spacial score (nSPS) is 11.4. The number of H-pyrrole nitrogens is 1. The molecule has 1 aromatic heterocycles. The Bertz CT molecular complexity index is 695. The minimum Gasteiger partial charge on any atom is -0.489 e. The number of hydrogen-bond donors (Lipinski definition) is 2. The van der Waals surface area contributed by atoms with E-state index in [9.17, 15) is 18.0 Å². The Balaban J connectivity index is 2.09. The minimum atomic E-state index is -4.53. The summed E-state index contributed by atoms with van der Waals surface area (Å²) in [5.41, 5.74) is -0.945. The standard InChI is InChI=1S/C14H15F3N4O3S/c1-23-4-5-24-11-3-2-9(14(15,16)17)6-10(11)20-12(22)7-25-13-18-8-19-21-13/h2-3,6,8H,4-5,7H2,1H3,(H,20,22)(H,18,19,21). The highest BCUT2D eigenvalue weighted by Crippen LogP contribution is 2.35. The molecule has 0 fully saturated rings. The van der Waals surface area contributed by atoms with Gasteiger partial charge in [0.2, 0.25) is 5.91 Å². The summed E-state index contributed by atoms with van der Waals surface area (Å²) in [6, 6.07) is 2.89. The summed E-state index contributed by atoms with van der Waals surface area (Å²) < 4.78 is 48.8. The van der Waals surface area contributed by atoms with E-state index in [4.69, 9.17) is 9.47 Å². The van der Waals surface area contributed by atoms with E-state index in [0.29, 0.717) is 5.16 Å². The van der Waals surface area contributed by atoms with Crippen LogP contribution in [0.4, 0.5) is 18.9 Å². The van der Waals surface area contributed by atoms with E-state index in [2.05, 4.69) is 20.5 Å². The van der Waals surface area contributed by atoms with Gasteiger partial charge in [-0.3, -0.25) is 9.89 Å². The van der Waals surface area contributed by atoms with Gasteiger partial charge in [0, 0.05) is 7.11 Å². The third-order valence-electron chi connectivity index (χ3n) is 2.86. The number of aromatic amines is 1. The molecule has 136 valence electrons. The van der Waals surface area contributed by atoms with Crippen LogP contribution >= 0.6 is 11.8 Å². The summed E-state index contributed by atoms with van der Waals surface area (Å²) in [6.45, 7) is 0.396. The number of alkyl halides is 3. The van der Waals surface area contributed by atoms with Crippen LogP contribution in [0.25, 0.3) is 0 Å². The number of anilines is 1. The van der Waals surface area contributed by atoms with Crippen LogP contribution in [0.5, 0.6) is 5.75 Å². The van der Waals surface area contributed by atoms with Crippen LogP contribution in [-0.2, 0) is 15.7 Å². The predicted molar refractivity (Wildman–Crippen MR) is 84.6 cm³/mol. The molecule has 0 radical (unpaired) electrons. The van der Waals surface area contributed by atoms with E-state index in [0.717, 1.165) is 30.0 Å². The van der Waals surface area contributed by atoms with Gasteiger partial charge in [-0.05, 0) is 18.2 Å². The molecule has 1 heterocycles. The molecular weight excluding hydrogens is 361 g/mol. The van der Waals surface area contributed by atoms with Crippen LogP contribution in [0.3, 0.4) is 0 Å². The Hall–Kier alpha value is -2.27. The Labute approximate surface area is 145 Å². The molecule has 7 nitrogen and oxygen atoms in total. The third kappa shape index (κ3) is 5.94. The monoisotopic (exact) mass is 376 g/mol. The van der Waals surface area contributed by atoms with Crippen molar-refractivity contribution < 1.29 is 27.4 Å². The number of benzene rings is 1. The highest BCUT2D eigenvalue weighted by atomic mass is 32.2. The first-order valence-electron chi connectivity index (χ1n) is 7.01. The SMILES string of the molecule is COCCOc1ccc(C(F)(F)F)cc1NC(=O)CSc1ncn[nH]1. The topological polar surface area (TPSA) is 89.1 Å². The number of hydrogen-bond acceptors (Lipinski definition) is 6. The van der Waals surface area contributed by atoms with Gasteiger partial charge in [-0.15, -0.1) is 0 Å². The van der Waals surface area contributed by atoms with E-state index in [1.54, 1.807) is 0 Å². The molecule has 1 amide bonds. The van der Waals surface area contributed by atoms with Crippen LogP contribution in [-0.4, -0.2) is 47.2 Å². The van der Waals surface area contributed by atoms with Crippen molar-refractivity contribution in [2.75, 3.05) is 31.4 Å². The lowest BCUT2D eigenvalue weighted by Gasteiger charge is -2.15. The van der Waals surface area contributed by atoms with Crippen molar-refractivity contribution in [2.45, 2.75) is 11.3 Å². The van der Waals surface area contributed by atoms with Crippen molar-refractivity contribution in [1.82, 2.24) is 15.2 Å². The average molecular weight is 376 g/mol. The van der Waals surface area contributed by atoms with Crippen molar-refractivity contribution in [1.29, 1.82) is 0 Å². The summed E-state index contributed by atoms with van der Waals surface area (Å²) in [5.74, 6) is -0.427. The fourth-order valence-corrected chi connectivity index (χ4v) is 2.33. The van der Waals surface area contributed by atoms with E-state index >= 15 is 0 Å². The molecule has 0 aliphatic rings. The van der Waals surface area contributed by atoms with Gasteiger partial charge < -0.3 is 14.8 Å². The number of methoxy groups -OCH3 is 1. The maximum atomic E-state index is 12.9. The largest absolute Gasteiger partial charge is 0.489 e. The fraction of sp³-hybridized carbons (Fsp3) is 0.357. The molecule has 1 aromatic carbocycles. The molecule has 2 N–H and O–H groups in total. The summed E-state index contributed by atoms with van der Waals surface area (Å²) in [7, 11) is 1.47. The third-order valence-corrected chi connectivity index (χ3v) is 3.74. The van der Waals surface area contributed by atoms with Crippen molar-refractivity contribution in [3.05, 3.63) is 30.1 Å². The first-order valence-corrected chi connectivity index (χ1v) is 7.99. The van der Waals surface area contributed by atoms with Crippen LogP contribution in [0.2, 0.25) is 0 Å². The Morgan fingerprint density at radius 1 is 1.36 bits per heavy atom. The lowest BCUT2D eigenvalue weighted by atomic mass is 10.1. The fourth-order valence-electron chi connectivity index (χ4n) is 1.75. The number of ether oxygens (including phenoxy) is 2. The van der Waals surface area contributed by atoms with Crippen LogP contribution in [0, 0.1) is 0 Å². The number of carbonyl (C=O) groups excluding carboxylic acids is 1. The van der Waals surface area contributed by atoms with Crippen LogP contribution in [0.15, 0.2) is 29.7 Å². The van der Waals surface area contributed by atoms with Crippen LogP contribution < -0.4 is 10.1 Å². The second kappa shape index (κ2) is 8.72. The number of halogens is 3. The number of nitrogens with zero attached hydrogens (tertiary/aromatic N) is 2. The van der Waals surface area contributed by atoms with Crippen LogP contribution in [0.1, 0.15) is 5.56 Å². The van der Waals surface area contributed by atoms with Gasteiger partial charge in [0.15, 0.2) is 5.16 Å². The molecule has 11 heteroatoms. The number of rotatable bonds is 8. The van der Waals surface area contributed by atoms with Gasteiger partial charge in [-0.1, -0.05) is 11.8 Å². The summed E-state index contributed by atoms with van der Waals surface area (Å²) in [4.78, 5) is 15.8. The zero-order valence-electron chi connectivity index (χ0n) is 13.1. The highest BCUT2D eigenvalue weighted by Gasteiger charge is 2.31. The summed E-state index contributed by atoms with van der Waals surface area (Å²) >= 11 is 1.07. The molecule has 0 unspecified atom stereocenters. The zero-order valence-corrected chi connectivity index (χ0v) is 13.9. The number of thioether (sulfide) groups is 1. The molecule has 2 aromatic rings.